The van der Waals surface area contributed by atoms with Crippen LogP contribution in [0, 0.1) is 0 Å². The lowest BCUT2D eigenvalue weighted by atomic mass is 10.0. The zero-order chi connectivity index (χ0) is 24.3. The van der Waals surface area contributed by atoms with Crippen LogP contribution < -0.4 is 15.2 Å². The van der Waals surface area contributed by atoms with Gasteiger partial charge in [0.15, 0.2) is 0 Å². The van der Waals surface area contributed by atoms with E-state index in [1.54, 1.807) is 19.4 Å². The molecule has 4 rings (SSSR count). The number of halogens is 1. The molecule has 0 amide bonds. The predicted molar refractivity (Wildman–Crippen MR) is 137 cm³/mol. The fourth-order valence-corrected chi connectivity index (χ4v) is 3.95. The third kappa shape index (κ3) is 5.75. The second kappa shape index (κ2) is 10.1. The van der Waals surface area contributed by atoms with Crippen molar-refractivity contribution in [3.05, 3.63) is 77.0 Å². The van der Waals surface area contributed by atoms with Crippen molar-refractivity contribution in [3.63, 3.8) is 0 Å². The molecule has 0 aliphatic carbocycles. The fraction of sp³-hybridized carbons (Fsp3) is 0.308. The van der Waals surface area contributed by atoms with E-state index in [0.29, 0.717) is 18.2 Å². The second-order valence-electron chi connectivity index (χ2n) is 9.02. The number of pyridine rings is 1. The zero-order valence-electron chi connectivity index (χ0n) is 19.7. The molecule has 0 radical (unpaired) electrons. The van der Waals surface area contributed by atoms with Crippen LogP contribution in [-0.2, 0) is 4.74 Å². The Labute approximate surface area is 208 Å². The smallest absolute Gasteiger partial charge is 0.212 e. The van der Waals surface area contributed by atoms with Crippen LogP contribution in [0.2, 0.25) is 0 Å². The Morgan fingerprint density at radius 2 is 1.88 bits per heavy atom. The van der Waals surface area contributed by atoms with Gasteiger partial charge in [0, 0.05) is 27.7 Å². The minimum Gasteiger partial charge on any atom is -0.484 e. The van der Waals surface area contributed by atoms with E-state index in [-0.39, 0.29) is 5.60 Å². The molecule has 4 aromatic rings. The Morgan fingerprint density at radius 3 is 2.56 bits per heavy atom. The van der Waals surface area contributed by atoms with Gasteiger partial charge in [-0.3, -0.25) is 0 Å². The van der Waals surface area contributed by atoms with Gasteiger partial charge in [-0.1, -0.05) is 22.0 Å². The number of nitrogens with two attached hydrogens (primary N) is 1. The lowest BCUT2D eigenvalue weighted by Gasteiger charge is -2.28. The van der Waals surface area contributed by atoms with Crippen LogP contribution in [0.4, 0.5) is 0 Å². The number of rotatable bonds is 8. The van der Waals surface area contributed by atoms with Gasteiger partial charge in [-0.2, -0.15) is 5.10 Å². The molecule has 8 heteroatoms. The Balaban J connectivity index is 1.62. The molecule has 0 spiro atoms. The van der Waals surface area contributed by atoms with E-state index < -0.39 is 12.1 Å². The maximum Gasteiger partial charge on any atom is 0.212 e. The quantitative estimate of drug-likeness (QED) is 0.329. The van der Waals surface area contributed by atoms with E-state index in [4.69, 9.17) is 19.9 Å². The molecule has 0 saturated heterocycles. The molecule has 2 heterocycles. The summed E-state index contributed by atoms with van der Waals surface area (Å²) in [5.74, 6) is 1.22. The first-order valence-electron chi connectivity index (χ1n) is 11.0. The molecule has 178 valence electrons. The minimum absolute atomic E-state index is 0.305. The van der Waals surface area contributed by atoms with E-state index in [0.717, 1.165) is 26.6 Å². The van der Waals surface area contributed by atoms with E-state index in [2.05, 4.69) is 26.0 Å². The molecule has 2 aromatic carbocycles. The van der Waals surface area contributed by atoms with Crippen molar-refractivity contribution in [3.8, 4) is 17.3 Å². The summed E-state index contributed by atoms with van der Waals surface area (Å²) in [4.78, 5) is 4.33. The number of nitrogens with zero attached hydrogens (tertiary/aromatic N) is 3. The van der Waals surface area contributed by atoms with Crippen molar-refractivity contribution in [2.45, 2.75) is 38.5 Å². The normalized spacial score (nSPS) is 13.6. The maximum absolute atomic E-state index is 6.55. The molecular weight excluding hydrogens is 496 g/mol. The lowest BCUT2D eigenvalue weighted by Crippen LogP contribution is -2.39. The Bertz CT molecular complexity index is 1250. The highest BCUT2D eigenvalue weighted by molar-refractivity contribution is 9.10. The molecule has 0 aliphatic rings. The number of ether oxygens (including phenoxy) is 3. The third-order valence-electron chi connectivity index (χ3n) is 5.25. The molecule has 7 nitrogen and oxygen atoms in total. The van der Waals surface area contributed by atoms with E-state index >= 15 is 0 Å². The SMILES string of the molecule is COc1ccc([C@@H](Oc2ccc3c(cnn3-c3cccc(Br)c3)c2)[C@@H](N)COC(C)(C)C)cn1. The van der Waals surface area contributed by atoms with E-state index in [9.17, 15) is 0 Å². The standard InChI is InChI=1S/C26H29BrN4O3/c1-26(2,3)33-16-22(28)25(17-8-11-24(32-4)29-14-17)34-21-9-10-23-18(12-21)15-30-31(23)20-7-5-6-19(27)13-20/h5-15,22,25H,16,28H2,1-4H3/t22-,25+/m0/s1. The Hall–Kier alpha value is -2.94. The summed E-state index contributed by atoms with van der Waals surface area (Å²) in [7, 11) is 1.59. The van der Waals surface area contributed by atoms with E-state index in [1.165, 1.54) is 0 Å². The maximum atomic E-state index is 6.55. The first kappa shape index (κ1) is 24.2. The first-order valence-corrected chi connectivity index (χ1v) is 11.8. The van der Waals surface area contributed by atoms with Gasteiger partial charge >= 0.3 is 0 Å². The lowest BCUT2D eigenvalue weighted by molar-refractivity contribution is -0.0250. The summed E-state index contributed by atoms with van der Waals surface area (Å²) in [5, 5.41) is 5.53. The number of benzene rings is 2. The number of aromatic nitrogens is 3. The Kier molecular flexibility index (Phi) is 7.21. The Morgan fingerprint density at radius 1 is 1.06 bits per heavy atom. The second-order valence-corrected chi connectivity index (χ2v) is 9.93. The summed E-state index contributed by atoms with van der Waals surface area (Å²) in [6.45, 7) is 6.34. The van der Waals surface area contributed by atoms with Crippen molar-refractivity contribution >= 4 is 26.8 Å². The van der Waals surface area contributed by atoms with Gasteiger partial charge < -0.3 is 19.9 Å². The van der Waals surface area contributed by atoms with Crippen LogP contribution in [0.3, 0.4) is 0 Å². The van der Waals surface area contributed by atoms with Gasteiger partial charge in [0.05, 0.1) is 42.8 Å². The highest BCUT2D eigenvalue weighted by Gasteiger charge is 2.25. The summed E-state index contributed by atoms with van der Waals surface area (Å²) in [6.07, 6.45) is 3.10. The largest absolute Gasteiger partial charge is 0.484 e. The molecule has 34 heavy (non-hydrogen) atoms. The van der Waals surface area contributed by atoms with Gasteiger partial charge in [0.2, 0.25) is 5.88 Å². The average molecular weight is 525 g/mol. The van der Waals surface area contributed by atoms with Crippen molar-refractivity contribution in [2.24, 2.45) is 5.73 Å². The highest BCUT2D eigenvalue weighted by atomic mass is 79.9. The summed E-state index contributed by atoms with van der Waals surface area (Å²) < 4.78 is 20.4. The summed E-state index contributed by atoms with van der Waals surface area (Å²) in [5.41, 5.74) is 9.04. The van der Waals surface area contributed by atoms with Crippen LogP contribution in [-0.4, -0.2) is 40.1 Å². The molecule has 0 unspecified atom stereocenters. The van der Waals surface area contributed by atoms with Crippen LogP contribution >= 0.6 is 15.9 Å². The predicted octanol–water partition coefficient (Wildman–Crippen LogP) is 5.45. The van der Waals surface area contributed by atoms with Gasteiger partial charge in [0.1, 0.15) is 11.9 Å². The summed E-state index contributed by atoms with van der Waals surface area (Å²) in [6, 6.07) is 17.2. The number of hydrogen-bond donors (Lipinski definition) is 1. The molecule has 0 aliphatic heterocycles. The first-order chi connectivity index (χ1) is 16.2. The minimum atomic E-state index is -0.460. The van der Waals surface area contributed by atoms with E-state index in [1.807, 2.05) is 80.2 Å². The van der Waals surface area contributed by atoms with Crippen molar-refractivity contribution < 1.29 is 14.2 Å². The topological polar surface area (TPSA) is 84.4 Å². The van der Waals surface area contributed by atoms with Gasteiger partial charge in [0.25, 0.3) is 0 Å². The molecule has 2 aromatic heterocycles. The fourth-order valence-electron chi connectivity index (χ4n) is 3.56. The molecule has 0 saturated carbocycles. The van der Waals surface area contributed by atoms with Crippen LogP contribution in [0.1, 0.15) is 32.4 Å². The zero-order valence-corrected chi connectivity index (χ0v) is 21.3. The average Bonchev–Trinajstić information content (AvgIpc) is 3.24. The molecule has 2 atom stereocenters. The molecule has 0 fully saturated rings. The molecule has 2 N–H and O–H groups in total. The molecular formula is C26H29BrN4O3. The highest BCUT2D eigenvalue weighted by Crippen LogP contribution is 2.29. The number of methoxy groups -OCH3 is 1. The summed E-state index contributed by atoms with van der Waals surface area (Å²) >= 11 is 3.52. The van der Waals surface area contributed by atoms with Crippen molar-refractivity contribution in [1.29, 1.82) is 0 Å². The third-order valence-corrected chi connectivity index (χ3v) is 5.74. The van der Waals surface area contributed by atoms with Crippen molar-refractivity contribution in [2.75, 3.05) is 13.7 Å². The van der Waals surface area contributed by atoms with Crippen molar-refractivity contribution in [1.82, 2.24) is 14.8 Å². The monoisotopic (exact) mass is 524 g/mol. The van der Waals surface area contributed by atoms with Crippen LogP contribution in [0.25, 0.3) is 16.6 Å². The van der Waals surface area contributed by atoms with Gasteiger partial charge in [-0.05, 0) is 63.2 Å². The number of fused-ring (bicyclic) bond motifs is 1. The van der Waals surface area contributed by atoms with Crippen LogP contribution in [0.5, 0.6) is 11.6 Å². The van der Waals surface area contributed by atoms with Gasteiger partial charge in [-0.25, -0.2) is 9.67 Å². The van der Waals surface area contributed by atoms with Crippen LogP contribution in [0.15, 0.2) is 71.5 Å². The number of hydrogen-bond acceptors (Lipinski definition) is 6. The van der Waals surface area contributed by atoms with Gasteiger partial charge in [-0.15, -0.1) is 0 Å². The molecule has 0 bridgehead atoms.